The van der Waals surface area contributed by atoms with Crippen LogP contribution in [0.25, 0.3) is 22.6 Å². The number of rotatable bonds is 2. The number of pyridine rings is 1. The van der Waals surface area contributed by atoms with Gasteiger partial charge in [0.1, 0.15) is 5.69 Å². The van der Waals surface area contributed by atoms with Gasteiger partial charge in [-0.25, -0.2) is 4.98 Å². The number of piperidine rings is 1. The van der Waals surface area contributed by atoms with Gasteiger partial charge in [0, 0.05) is 13.1 Å². The maximum absolute atomic E-state index is 13.1. The first-order chi connectivity index (χ1) is 11.6. The predicted molar refractivity (Wildman–Crippen MR) is 88.5 cm³/mol. The fourth-order valence-electron chi connectivity index (χ4n) is 3.36. The highest BCUT2D eigenvalue weighted by atomic mass is 16.5. The van der Waals surface area contributed by atoms with Crippen LogP contribution in [-0.2, 0) is 0 Å². The van der Waals surface area contributed by atoms with E-state index in [0.717, 1.165) is 19.5 Å². The molecule has 1 aliphatic heterocycles. The van der Waals surface area contributed by atoms with Gasteiger partial charge in [0.25, 0.3) is 11.6 Å². The average Bonchev–Trinajstić information content (AvgIpc) is 3.24. The molecule has 1 fully saturated rings. The van der Waals surface area contributed by atoms with Gasteiger partial charge < -0.3 is 13.8 Å². The standard InChI is InChI=1S/C18H19N3O3/c1-11-5-3-7-21(10-11)18(22)13-9-14(15-6-4-8-23-15)19-17-16(13)12(2)20-24-17/h4,6,8-9,11H,3,5,7,10H2,1-2H3/t11-/m1/s1. The minimum Gasteiger partial charge on any atom is -0.463 e. The summed E-state index contributed by atoms with van der Waals surface area (Å²) in [7, 11) is 0. The zero-order valence-corrected chi connectivity index (χ0v) is 13.8. The predicted octanol–water partition coefficient (Wildman–Crippen LogP) is 3.66. The summed E-state index contributed by atoms with van der Waals surface area (Å²) in [5.41, 5.74) is 2.21. The van der Waals surface area contributed by atoms with Crippen molar-refractivity contribution in [2.75, 3.05) is 13.1 Å². The molecule has 6 nitrogen and oxygen atoms in total. The van der Waals surface area contributed by atoms with Crippen molar-refractivity contribution in [1.82, 2.24) is 15.0 Å². The number of amides is 1. The molecule has 3 aromatic heterocycles. The van der Waals surface area contributed by atoms with E-state index >= 15 is 0 Å². The fraction of sp³-hybridized carbons (Fsp3) is 0.389. The third-order valence-electron chi connectivity index (χ3n) is 4.57. The van der Waals surface area contributed by atoms with Crippen LogP contribution in [0.4, 0.5) is 0 Å². The Balaban J connectivity index is 1.83. The molecule has 0 unspecified atom stereocenters. The molecule has 1 aliphatic rings. The van der Waals surface area contributed by atoms with Crippen LogP contribution in [-0.4, -0.2) is 34.0 Å². The summed E-state index contributed by atoms with van der Waals surface area (Å²) in [6, 6.07) is 5.39. The molecule has 0 saturated carbocycles. The molecule has 24 heavy (non-hydrogen) atoms. The molecule has 124 valence electrons. The first-order valence-electron chi connectivity index (χ1n) is 8.23. The van der Waals surface area contributed by atoms with Gasteiger partial charge in [0.15, 0.2) is 5.76 Å². The van der Waals surface area contributed by atoms with Crippen LogP contribution >= 0.6 is 0 Å². The Morgan fingerprint density at radius 3 is 3.04 bits per heavy atom. The zero-order valence-electron chi connectivity index (χ0n) is 13.8. The molecule has 6 heteroatoms. The molecule has 1 amide bonds. The second-order valence-electron chi connectivity index (χ2n) is 6.48. The van der Waals surface area contributed by atoms with Crippen molar-refractivity contribution >= 4 is 17.0 Å². The summed E-state index contributed by atoms with van der Waals surface area (Å²) in [6.07, 6.45) is 3.79. The largest absolute Gasteiger partial charge is 0.463 e. The van der Waals surface area contributed by atoms with E-state index < -0.39 is 0 Å². The van der Waals surface area contributed by atoms with Gasteiger partial charge in [-0.1, -0.05) is 12.1 Å². The highest BCUT2D eigenvalue weighted by Gasteiger charge is 2.26. The number of nitrogens with zero attached hydrogens (tertiary/aromatic N) is 3. The van der Waals surface area contributed by atoms with E-state index in [9.17, 15) is 4.79 Å². The number of hydrogen-bond acceptors (Lipinski definition) is 5. The quantitative estimate of drug-likeness (QED) is 0.719. The molecule has 0 N–H and O–H groups in total. The van der Waals surface area contributed by atoms with E-state index in [1.807, 2.05) is 17.9 Å². The number of furan rings is 1. The molecule has 0 radical (unpaired) electrons. The van der Waals surface area contributed by atoms with Gasteiger partial charge in [-0.15, -0.1) is 0 Å². The van der Waals surface area contributed by atoms with Gasteiger partial charge in [0.2, 0.25) is 0 Å². The fourth-order valence-corrected chi connectivity index (χ4v) is 3.36. The summed E-state index contributed by atoms with van der Waals surface area (Å²) >= 11 is 0. The number of likely N-dealkylation sites (tertiary alicyclic amines) is 1. The van der Waals surface area contributed by atoms with Crippen LogP contribution in [0, 0.1) is 12.8 Å². The van der Waals surface area contributed by atoms with E-state index in [0.29, 0.717) is 39.7 Å². The highest BCUT2D eigenvalue weighted by Crippen LogP contribution is 2.29. The maximum atomic E-state index is 13.1. The molecule has 1 atom stereocenters. The van der Waals surface area contributed by atoms with Crippen molar-refractivity contribution in [3.05, 3.63) is 35.7 Å². The maximum Gasteiger partial charge on any atom is 0.259 e. The third-order valence-corrected chi connectivity index (χ3v) is 4.57. The molecule has 4 heterocycles. The number of aryl methyl sites for hydroxylation is 1. The number of carbonyl (C=O) groups is 1. The molecule has 3 aromatic rings. The summed E-state index contributed by atoms with van der Waals surface area (Å²) in [6.45, 7) is 5.58. The third kappa shape index (κ3) is 2.48. The minimum atomic E-state index is 0.00746. The summed E-state index contributed by atoms with van der Waals surface area (Å²) < 4.78 is 10.7. The highest BCUT2D eigenvalue weighted by molar-refractivity contribution is 6.06. The molecular weight excluding hydrogens is 306 g/mol. The molecule has 0 aliphatic carbocycles. The first kappa shape index (κ1) is 14.9. The van der Waals surface area contributed by atoms with E-state index in [2.05, 4.69) is 17.1 Å². The average molecular weight is 325 g/mol. The van der Waals surface area contributed by atoms with Crippen molar-refractivity contribution in [2.24, 2.45) is 5.92 Å². The molecule has 0 spiro atoms. The second kappa shape index (κ2) is 5.78. The van der Waals surface area contributed by atoms with Crippen LogP contribution in [0.15, 0.2) is 33.4 Å². The van der Waals surface area contributed by atoms with Crippen molar-refractivity contribution in [3.63, 3.8) is 0 Å². The lowest BCUT2D eigenvalue weighted by Gasteiger charge is -2.31. The van der Waals surface area contributed by atoms with E-state index in [1.165, 1.54) is 6.42 Å². The lowest BCUT2D eigenvalue weighted by molar-refractivity contribution is 0.0685. The first-order valence-corrected chi connectivity index (χ1v) is 8.23. The van der Waals surface area contributed by atoms with Crippen LogP contribution in [0.1, 0.15) is 35.8 Å². The Bertz CT molecular complexity index is 882. The molecule has 1 saturated heterocycles. The van der Waals surface area contributed by atoms with Crippen molar-refractivity contribution < 1.29 is 13.7 Å². The van der Waals surface area contributed by atoms with Crippen molar-refractivity contribution in [1.29, 1.82) is 0 Å². The number of carbonyl (C=O) groups excluding carboxylic acids is 1. The van der Waals surface area contributed by atoms with Crippen molar-refractivity contribution in [2.45, 2.75) is 26.7 Å². The molecular formula is C18H19N3O3. The number of hydrogen-bond donors (Lipinski definition) is 0. The smallest absolute Gasteiger partial charge is 0.259 e. The minimum absolute atomic E-state index is 0.00746. The SMILES string of the molecule is Cc1noc2nc(-c3ccco3)cc(C(=O)N3CCC[C@@H](C)C3)c12. The Kier molecular flexibility index (Phi) is 3.59. The Hall–Kier alpha value is -2.63. The Morgan fingerprint density at radius 2 is 2.29 bits per heavy atom. The zero-order chi connectivity index (χ0) is 16.7. The summed E-state index contributed by atoms with van der Waals surface area (Å²) in [4.78, 5) is 19.5. The van der Waals surface area contributed by atoms with Crippen LogP contribution < -0.4 is 0 Å². The number of aromatic nitrogens is 2. The van der Waals surface area contributed by atoms with Gasteiger partial charge in [-0.05, 0) is 43.9 Å². The summed E-state index contributed by atoms with van der Waals surface area (Å²) in [5.74, 6) is 1.13. The second-order valence-corrected chi connectivity index (χ2v) is 6.48. The van der Waals surface area contributed by atoms with Gasteiger partial charge in [-0.3, -0.25) is 4.79 Å². The van der Waals surface area contributed by atoms with Crippen LogP contribution in [0.3, 0.4) is 0 Å². The monoisotopic (exact) mass is 325 g/mol. The van der Waals surface area contributed by atoms with Crippen LogP contribution in [0.5, 0.6) is 0 Å². The van der Waals surface area contributed by atoms with E-state index in [4.69, 9.17) is 8.94 Å². The Labute approximate surface area is 139 Å². The molecule has 4 rings (SSSR count). The topological polar surface area (TPSA) is 72.4 Å². The molecule has 0 aromatic carbocycles. The van der Waals surface area contributed by atoms with Crippen LogP contribution in [0.2, 0.25) is 0 Å². The van der Waals surface area contributed by atoms with Crippen molar-refractivity contribution in [3.8, 4) is 11.5 Å². The molecule has 0 bridgehead atoms. The van der Waals surface area contributed by atoms with Gasteiger partial charge in [-0.2, -0.15) is 0 Å². The van der Waals surface area contributed by atoms with Gasteiger partial charge >= 0.3 is 0 Å². The normalized spacial score (nSPS) is 18.2. The lowest BCUT2D eigenvalue weighted by atomic mass is 9.99. The summed E-state index contributed by atoms with van der Waals surface area (Å²) in [5, 5.41) is 4.67. The number of fused-ring (bicyclic) bond motifs is 1. The van der Waals surface area contributed by atoms with Gasteiger partial charge in [0.05, 0.1) is 22.9 Å². The van der Waals surface area contributed by atoms with E-state index in [1.54, 1.807) is 18.4 Å². The lowest BCUT2D eigenvalue weighted by Crippen LogP contribution is -2.39. The Morgan fingerprint density at radius 1 is 1.42 bits per heavy atom. The van der Waals surface area contributed by atoms with E-state index in [-0.39, 0.29) is 5.91 Å².